The number of Topliss-reactive ketones (excluding diaryl/α,β-unsaturated/α-hetero) is 1. The average Bonchev–Trinajstić information content (AvgIpc) is 2.02. The van der Waals surface area contributed by atoms with Gasteiger partial charge in [0.1, 0.15) is 5.78 Å². The van der Waals surface area contributed by atoms with Crippen molar-refractivity contribution in [2.75, 3.05) is 6.54 Å². The van der Waals surface area contributed by atoms with Crippen molar-refractivity contribution in [3.05, 3.63) is 12.2 Å². The fraction of sp³-hybridized carbons (Fsp3) is 0.700. The topological polar surface area (TPSA) is 43.1 Å². The maximum Gasteiger partial charge on any atom is 0.144 e. The molecule has 2 N–H and O–H groups in total. The molecule has 2 heteroatoms. The van der Waals surface area contributed by atoms with Gasteiger partial charge in [0.2, 0.25) is 0 Å². The van der Waals surface area contributed by atoms with Crippen molar-refractivity contribution >= 4 is 5.78 Å². The predicted octanol–water partition coefficient (Wildman–Crippen LogP) is 1.90. The molecule has 0 heterocycles. The summed E-state index contributed by atoms with van der Waals surface area (Å²) in [4.78, 5) is 11.6. The van der Waals surface area contributed by atoms with Crippen molar-refractivity contribution in [2.45, 2.75) is 33.6 Å². The molecule has 12 heavy (non-hydrogen) atoms. The predicted molar refractivity (Wildman–Crippen MR) is 51.9 cm³/mol. The second-order valence-electron chi connectivity index (χ2n) is 3.68. The lowest BCUT2D eigenvalue weighted by Crippen LogP contribution is -2.35. The lowest BCUT2D eigenvalue weighted by Gasteiger charge is -2.24. The number of hydrogen-bond donors (Lipinski definition) is 1. The van der Waals surface area contributed by atoms with Crippen LogP contribution in [-0.2, 0) is 4.79 Å². The van der Waals surface area contributed by atoms with Gasteiger partial charge in [-0.3, -0.25) is 4.79 Å². The van der Waals surface area contributed by atoms with E-state index in [9.17, 15) is 4.79 Å². The second-order valence-corrected chi connectivity index (χ2v) is 3.68. The minimum atomic E-state index is -0.348. The van der Waals surface area contributed by atoms with Crippen molar-refractivity contribution in [2.24, 2.45) is 11.1 Å². The lowest BCUT2D eigenvalue weighted by atomic mass is 9.81. The van der Waals surface area contributed by atoms with Crippen LogP contribution in [0, 0.1) is 5.41 Å². The zero-order chi connectivity index (χ0) is 9.78. The van der Waals surface area contributed by atoms with Crippen LogP contribution in [0.1, 0.15) is 33.6 Å². The van der Waals surface area contributed by atoms with Crippen LogP contribution < -0.4 is 5.73 Å². The Bertz CT molecular complexity index is 180. The van der Waals surface area contributed by atoms with Gasteiger partial charge in [-0.2, -0.15) is 0 Å². The summed E-state index contributed by atoms with van der Waals surface area (Å²) in [6, 6.07) is 0. The molecule has 0 aliphatic rings. The number of rotatable bonds is 5. The SMILES string of the molecule is C=C(C)CC(=O)C(C)(CC)CN. The molecular formula is C10H19NO. The third-order valence-corrected chi connectivity index (χ3v) is 2.37. The van der Waals surface area contributed by atoms with Gasteiger partial charge in [-0.25, -0.2) is 0 Å². The fourth-order valence-electron chi connectivity index (χ4n) is 0.943. The van der Waals surface area contributed by atoms with Gasteiger partial charge < -0.3 is 5.73 Å². The van der Waals surface area contributed by atoms with E-state index in [0.29, 0.717) is 13.0 Å². The molecule has 0 saturated heterocycles. The quantitative estimate of drug-likeness (QED) is 0.639. The molecule has 0 rings (SSSR count). The maximum atomic E-state index is 11.6. The van der Waals surface area contributed by atoms with Crippen LogP contribution in [0.5, 0.6) is 0 Å². The first-order chi connectivity index (χ1) is 5.46. The molecule has 2 nitrogen and oxygen atoms in total. The third-order valence-electron chi connectivity index (χ3n) is 2.37. The molecule has 1 atom stereocenters. The van der Waals surface area contributed by atoms with Crippen molar-refractivity contribution in [3.63, 3.8) is 0 Å². The van der Waals surface area contributed by atoms with E-state index in [1.54, 1.807) is 0 Å². The summed E-state index contributed by atoms with van der Waals surface area (Å²) in [5.74, 6) is 0.208. The van der Waals surface area contributed by atoms with E-state index in [-0.39, 0.29) is 11.2 Å². The van der Waals surface area contributed by atoms with Crippen LogP contribution >= 0.6 is 0 Å². The van der Waals surface area contributed by atoms with Crippen LogP contribution in [0.2, 0.25) is 0 Å². The van der Waals surface area contributed by atoms with E-state index in [2.05, 4.69) is 6.58 Å². The van der Waals surface area contributed by atoms with Crippen molar-refractivity contribution in [3.8, 4) is 0 Å². The molecule has 0 radical (unpaired) electrons. The first kappa shape index (κ1) is 11.4. The van der Waals surface area contributed by atoms with Crippen molar-refractivity contribution in [1.29, 1.82) is 0 Å². The van der Waals surface area contributed by atoms with E-state index in [1.165, 1.54) is 0 Å². The first-order valence-corrected chi connectivity index (χ1v) is 4.34. The summed E-state index contributed by atoms with van der Waals surface area (Å²) in [6.45, 7) is 9.91. The van der Waals surface area contributed by atoms with Crippen molar-refractivity contribution in [1.82, 2.24) is 0 Å². The molecule has 0 aromatic carbocycles. The number of allylic oxidation sites excluding steroid dienone is 1. The highest BCUT2D eigenvalue weighted by atomic mass is 16.1. The standard InChI is InChI=1S/C10H19NO/c1-5-10(4,7-11)9(12)6-8(2)3/h2,5-7,11H2,1,3-4H3. The Morgan fingerprint density at radius 2 is 2.08 bits per heavy atom. The fourth-order valence-corrected chi connectivity index (χ4v) is 0.943. The number of ketones is 1. The molecular weight excluding hydrogens is 150 g/mol. The minimum absolute atomic E-state index is 0.208. The Kier molecular flexibility index (Phi) is 4.18. The Morgan fingerprint density at radius 1 is 1.58 bits per heavy atom. The first-order valence-electron chi connectivity index (χ1n) is 4.34. The number of carbonyl (C=O) groups is 1. The van der Waals surface area contributed by atoms with Crippen LogP contribution in [0.4, 0.5) is 0 Å². The zero-order valence-electron chi connectivity index (χ0n) is 8.31. The van der Waals surface area contributed by atoms with Crippen LogP contribution in [0.15, 0.2) is 12.2 Å². The van der Waals surface area contributed by atoms with Gasteiger partial charge in [0.15, 0.2) is 0 Å². The summed E-state index contributed by atoms with van der Waals surface area (Å²) in [7, 11) is 0. The van der Waals surface area contributed by atoms with Crippen LogP contribution in [-0.4, -0.2) is 12.3 Å². The van der Waals surface area contributed by atoms with Gasteiger partial charge in [0.25, 0.3) is 0 Å². The van der Waals surface area contributed by atoms with E-state index in [0.717, 1.165) is 12.0 Å². The van der Waals surface area contributed by atoms with Gasteiger partial charge in [-0.15, -0.1) is 0 Å². The normalized spacial score (nSPS) is 15.3. The summed E-state index contributed by atoms with van der Waals surface area (Å²) in [5.41, 5.74) is 6.11. The van der Waals surface area contributed by atoms with Gasteiger partial charge in [0, 0.05) is 18.4 Å². The monoisotopic (exact) mass is 169 g/mol. The highest BCUT2D eigenvalue weighted by molar-refractivity contribution is 5.86. The Balaban J connectivity index is 4.32. The lowest BCUT2D eigenvalue weighted by molar-refractivity contribution is -0.126. The van der Waals surface area contributed by atoms with Gasteiger partial charge in [-0.1, -0.05) is 26.0 Å². The molecule has 1 unspecified atom stereocenters. The van der Waals surface area contributed by atoms with E-state index in [1.807, 2.05) is 20.8 Å². The van der Waals surface area contributed by atoms with E-state index >= 15 is 0 Å². The minimum Gasteiger partial charge on any atom is -0.329 e. The highest BCUT2D eigenvalue weighted by Crippen LogP contribution is 2.23. The van der Waals surface area contributed by atoms with E-state index in [4.69, 9.17) is 5.73 Å². The van der Waals surface area contributed by atoms with Crippen molar-refractivity contribution < 1.29 is 4.79 Å². The van der Waals surface area contributed by atoms with Crippen LogP contribution in [0.25, 0.3) is 0 Å². The van der Waals surface area contributed by atoms with E-state index < -0.39 is 0 Å². The number of carbonyl (C=O) groups excluding carboxylic acids is 1. The molecule has 0 spiro atoms. The molecule has 0 fully saturated rings. The Labute approximate surface area is 74.8 Å². The number of hydrogen-bond acceptors (Lipinski definition) is 2. The summed E-state index contributed by atoms with van der Waals surface area (Å²) in [5, 5.41) is 0. The van der Waals surface area contributed by atoms with Gasteiger partial charge in [-0.05, 0) is 13.3 Å². The Morgan fingerprint density at radius 3 is 2.33 bits per heavy atom. The Hall–Kier alpha value is -0.630. The molecule has 0 aromatic rings. The van der Waals surface area contributed by atoms with Gasteiger partial charge in [0.05, 0.1) is 0 Å². The zero-order valence-corrected chi connectivity index (χ0v) is 8.31. The molecule has 0 aliphatic heterocycles. The molecule has 0 aliphatic carbocycles. The average molecular weight is 169 g/mol. The number of nitrogens with two attached hydrogens (primary N) is 1. The van der Waals surface area contributed by atoms with Gasteiger partial charge >= 0.3 is 0 Å². The third kappa shape index (κ3) is 2.78. The summed E-state index contributed by atoms with van der Waals surface area (Å²) >= 11 is 0. The molecule has 70 valence electrons. The maximum absolute atomic E-state index is 11.6. The molecule has 0 amide bonds. The molecule has 0 aromatic heterocycles. The van der Waals surface area contributed by atoms with Crippen LogP contribution in [0.3, 0.4) is 0 Å². The summed E-state index contributed by atoms with van der Waals surface area (Å²) in [6.07, 6.45) is 1.26. The molecule has 0 bridgehead atoms. The molecule has 0 saturated carbocycles. The second kappa shape index (κ2) is 4.41. The summed E-state index contributed by atoms with van der Waals surface area (Å²) < 4.78 is 0. The smallest absolute Gasteiger partial charge is 0.144 e. The highest BCUT2D eigenvalue weighted by Gasteiger charge is 2.28. The largest absolute Gasteiger partial charge is 0.329 e.